The first kappa shape index (κ1) is 21.2. The van der Waals surface area contributed by atoms with Crippen LogP contribution in [-0.4, -0.2) is 42.6 Å². The number of nitrogens with zero attached hydrogens (tertiary/aromatic N) is 2. The first-order valence-electron chi connectivity index (χ1n) is 9.94. The Hall–Kier alpha value is -3.04. The SMILES string of the molecule is CC(=O)Oc1ccc(N2C(=O)CC(N(C3CC3)S(=O)(=O)c3ccc(C)cc3)C2=O)cc1. The van der Waals surface area contributed by atoms with Crippen molar-refractivity contribution in [2.75, 3.05) is 4.90 Å². The molecular weight excluding hydrogens is 420 g/mol. The van der Waals surface area contributed by atoms with Crippen LogP contribution < -0.4 is 9.64 Å². The third-order valence-corrected chi connectivity index (χ3v) is 7.27. The molecule has 2 aromatic carbocycles. The summed E-state index contributed by atoms with van der Waals surface area (Å²) in [6, 6.07) is 11.0. The Morgan fingerprint density at radius 2 is 1.65 bits per heavy atom. The molecular formula is C22H22N2O6S. The third kappa shape index (κ3) is 4.11. The first-order chi connectivity index (χ1) is 14.7. The van der Waals surface area contributed by atoms with E-state index in [4.69, 9.17) is 4.74 Å². The van der Waals surface area contributed by atoms with Crippen LogP contribution in [0.25, 0.3) is 0 Å². The molecule has 1 heterocycles. The Labute approximate surface area is 180 Å². The van der Waals surface area contributed by atoms with Crippen LogP contribution in [0, 0.1) is 6.92 Å². The minimum atomic E-state index is -3.94. The van der Waals surface area contributed by atoms with Crippen molar-refractivity contribution in [3.05, 3.63) is 54.1 Å². The van der Waals surface area contributed by atoms with Gasteiger partial charge in [-0.25, -0.2) is 13.3 Å². The van der Waals surface area contributed by atoms with Gasteiger partial charge in [-0.15, -0.1) is 0 Å². The molecule has 1 atom stereocenters. The van der Waals surface area contributed by atoms with Crippen LogP contribution in [0.3, 0.4) is 0 Å². The lowest BCUT2D eigenvalue weighted by atomic mass is 10.2. The Morgan fingerprint density at radius 1 is 1.03 bits per heavy atom. The monoisotopic (exact) mass is 442 g/mol. The van der Waals surface area contributed by atoms with Crippen LogP contribution >= 0.6 is 0 Å². The number of hydrogen-bond donors (Lipinski definition) is 0. The number of ether oxygens (including phenoxy) is 1. The number of esters is 1. The van der Waals surface area contributed by atoms with Crippen molar-refractivity contribution in [3.8, 4) is 5.75 Å². The number of imide groups is 1. The lowest BCUT2D eigenvalue weighted by Crippen LogP contribution is -2.46. The van der Waals surface area contributed by atoms with Crippen LogP contribution in [-0.2, 0) is 24.4 Å². The normalized spacial score (nSPS) is 19.2. The van der Waals surface area contributed by atoms with Crippen molar-refractivity contribution in [2.24, 2.45) is 0 Å². The summed E-state index contributed by atoms with van der Waals surface area (Å²) in [4.78, 5) is 38.1. The van der Waals surface area contributed by atoms with Crippen LogP contribution in [0.2, 0.25) is 0 Å². The number of anilines is 1. The van der Waals surface area contributed by atoms with Gasteiger partial charge in [0.2, 0.25) is 15.9 Å². The minimum Gasteiger partial charge on any atom is -0.427 e. The number of carbonyl (C=O) groups is 3. The Morgan fingerprint density at radius 3 is 2.19 bits per heavy atom. The van der Waals surface area contributed by atoms with Gasteiger partial charge in [0.15, 0.2) is 0 Å². The summed E-state index contributed by atoms with van der Waals surface area (Å²) in [7, 11) is -3.94. The van der Waals surface area contributed by atoms with Gasteiger partial charge in [0.25, 0.3) is 5.91 Å². The van der Waals surface area contributed by atoms with E-state index in [0.717, 1.165) is 10.5 Å². The molecule has 0 radical (unpaired) electrons. The zero-order valence-corrected chi connectivity index (χ0v) is 18.0. The molecule has 1 aliphatic heterocycles. The number of rotatable bonds is 6. The second-order valence-electron chi connectivity index (χ2n) is 7.75. The molecule has 0 aromatic heterocycles. The van der Waals surface area contributed by atoms with Crippen molar-refractivity contribution in [1.82, 2.24) is 4.31 Å². The van der Waals surface area contributed by atoms with Gasteiger partial charge in [0.1, 0.15) is 11.8 Å². The standard InChI is InChI=1S/C22H22N2O6S/c1-14-3-11-19(12-4-14)31(28,29)24(17-5-6-17)20-13-21(26)23(22(20)27)16-7-9-18(10-8-16)30-15(2)25/h3-4,7-12,17,20H,5-6,13H2,1-2H3. The largest absolute Gasteiger partial charge is 0.427 e. The Kier molecular flexibility index (Phi) is 5.40. The second kappa shape index (κ2) is 7.90. The highest BCUT2D eigenvalue weighted by Gasteiger charge is 2.51. The lowest BCUT2D eigenvalue weighted by Gasteiger charge is -2.26. The van der Waals surface area contributed by atoms with Crippen molar-refractivity contribution < 1.29 is 27.5 Å². The summed E-state index contributed by atoms with van der Waals surface area (Å²) in [6.45, 7) is 3.13. The van der Waals surface area contributed by atoms with Crippen LogP contribution in [0.4, 0.5) is 5.69 Å². The molecule has 8 nitrogen and oxygen atoms in total. The van der Waals surface area contributed by atoms with Crippen LogP contribution in [0.5, 0.6) is 5.75 Å². The van der Waals surface area contributed by atoms with Crippen LogP contribution in [0.15, 0.2) is 53.4 Å². The van der Waals surface area contributed by atoms with Gasteiger partial charge in [-0.2, -0.15) is 4.31 Å². The molecule has 162 valence electrons. The van der Waals surface area contributed by atoms with Crippen molar-refractivity contribution in [3.63, 3.8) is 0 Å². The molecule has 1 unspecified atom stereocenters. The second-order valence-corrected chi connectivity index (χ2v) is 9.60. The van der Waals surface area contributed by atoms with E-state index in [2.05, 4.69) is 0 Å². The Balaban J connectivity index is 1.63. The highest BCUT2D eigenvalue weighted by Crippen LogP contribution is 2.38. The summed E-state index contributed by atoms with van der Waals surface area (Å²) >= 11 is 0. The number of carbonyl (C=O) groups excluding carboxylic acids is 3. The number of benzene rings is 2. The van der Waals surface area contributed by atoms with Gasteiger partial charge in [0, 0.05) is 13.0 Å². The highest BCUT2D eigenvalue weighted by atomic mass is 32.2. The number of hydrogen-bond acceptors (Lipinski definition) is 6. The van der Waals surface area contributed by atoms with Gasteiger partial charge >= 0.3 is 5.97 Å². The average molecular weight is 442 g/mol. The van der Waals surface area contributed by atoms with Gasteiger partial charge in [-0.3, -0.25) is 14.4 Å². The fourth-order valence-corrected chi connectivity index (χ4v) is 5.52. The zero-order valence-electron chi connectivity index (χ0n) is 17.1. The number of sulfonamides is 1. The van der Waals surface area contributed by atoms with E-state index in [0.29, 0.717) is 18.5 Å². The molecule has 2 amide bonds. The Bertz CT molecular complexity index is 1140. The van der Waals surface area contributed by atoms with Gasteiger partial charge in [-0.1, -0.05) is 17.7 Å². The molecule has 2 aliphatic rings. The molecule has 4 rings (SSSR count). The maximum atomic E-state index is 13.4. The van der Waals surface area contributed by atoms with Crippen LogP contribution in [0.1, 0.15) is 31.7 Å². The summed E-state index contributed by atoms with van der Waals surface area (Å²) in [5.41, 5.74) is 1.23. The number of aryl methyl sites for hydroxylation is 1. The summed E-state index contributed by atoms with van der Waals surface area (Å²) in [6.07, 6.45) is 1.09. The average Bonchev–Trinajstić information content (AvgIpc) is 3.49. The molecule has 0 N–H and O–H groups in total. The first-order valence-corrected chi connectivity index (χ1v) is 11.4. The molecule has 1 saturated carbocycles. The van der Waals surface area contributed by atoms with E-state index < -0.39 is 33.8 Å². The molecule has 1 aliphatic carbocycles. The van der Waals surface area contributed by atoms with E-state index in [1.807, 2.05) is 6.92 Å². The lowest BCUT2D eigenvalue weighted by molar-refractivity contribution is -0.132. The van der Waals surface area contributed by atoms with Crippen molar-refractivity contribution in [2.45, 2.75) is 50.1 Å². The van der Waals surface area contributed by atoms with Gasteiger partial charge in [0.05, 0.1) is 17.0 Å². The van der Waals surface area contributed by atoms with Crippen molar-refractivity contribution in [1.29, 1.82) is 0 Å². The topological polar surface area (TPSA) is 101 Å². The molecule has 2 aromatic rings. The minimum absolute atomic E-state index is 0.106. The van der Waals surface area contributed by atoms with E-state index in [9.17, 15) is 22.8 Å². The maximum absolute atomic E-state index is 13.4. The molecule has 2 fully saturated rings. The van der Waals surface area contributed by atoms with E-state index >= 15 is 0 Å². The van der Waals surface area contributed by atoms with Crippen molar-refractivity contribution >= 4 is 33.5 Å². The maximum Gasteiger partial charge on any atom is 0.308 e. The molecule has 0 spiro atoms. The summed E-state index contributed by atoms with van der Waals surface area (Å²) < 4.78 is 32.9. The molecule has 31 heavy (non-hydrogen) atoms. The smallest absolute Gasteiger partial charge is 0.308 e. The quantitative estimate of drug-likeness (QED) is 0.387. The summed E-state index contributed by atoms with van der Waals surface area (Å²) in [5, 5.41) is 0. The zero-order chi connectivity index (χ0) is 22.3. The van der Waals surface area contributed by atoms with E-state index in [-0.39, 0.29) is 23.1 Å². The highest BCUT2D eigenvalue weighted by molar-refractivity contribution is 7.89. The predicted octanol–water partition coefficient (Wildman–Crippen LogP) is 2.41. The number of amides is 2. The molecule has 9 heteroatoms. The summed E-state index contributed by atoms with van der Waals surface area (Å²) in [5.74, 6) is -1.25. The fraction of sp³-hybridized carbons (Fsp3) is 0.318. The van der Waals surface area contributed by atoms with Gasteiger partial charge in [-0.05, 0) is 56.2 Å². The molecule has 0 bridgehead atoms. The van der Waals surface area contributed by atoms with E-state index in [1.165, 1.54) is 47.6 Å². The predicted molar refractivity (Wildman–Crippen MR) is 112 cm³/mol. The third-order valence-electron chi connectivity index (χ3n) is 5.29. The van der Waals surface area contributed by atoms with E-state index in [1.54, 1.807) is 12.1 Å². The molecule has 1 saturated heterocycles. The fourth-order valence-electron chi connectivity index (χ4n) is 3.69. The van der Waals surface area contributed by atoms with Gasteiger partial charge < -0.3 is 4.74 Å².